The summed E-state index contributed by atoms with van der Waals surface area (Å²) < 4.78 is 3.02. The Morgan fingerprint density at radius 1 is 1.32 bits per heavy atom. The Balaban J connectivity index is 1.60. The third-order valence-corrected chi connectivity index (χ3v) is 3.69. The largest absolute Gasteiger partial charge is 0.356 e. The van der Waals surface area contributed by atoms with Gasteiger partial charge in [0.25, 0.3) is 0 Å². The number of halogens is 1. The van der Waals surface area contributed by atoms with Crippen LogP contribution in [0.1, 0.15) is 11.5 Å². The lowest BCUT2D eigenvalue weighted by atomic mass is 10.0. The van der Waals surface area contributed by atoms with Gasteiger partial charge >= 0.3 is 0 Å². The van der Waals surface area contributed by atoms with Crippen LogP contribution in [0.5, 0.6) is 0 Å². The standard InChI is InChI=1S/C13H16BrN5/c1-9-3-13(17-10(2)16-9)18-5-11(6-18)7-19-8-12(14)4-15-19/h3-4,8,11H,5-7H2,1-2H3. The quantitative estimate of drug-likeness (QED) is 0.869. The van der Waals surface area contributed by atoms with Crippen LogP contribution >= 0.6 is 15.9 Å². The molecule has 100 valence electrons. The lowest BCUT2D eigenvalue weighted by Gasteiger charge is -2.40. The van der Waals surface area contributed by atoms with Crippen molar-refractivity contribution in [2.75, 3.05) is 18.0 Å². The van der Waals surface area contributed by atoms with Crippen LogP contribution in [0.15, 0.2) is 22.9 Å². The topological polar surface area (TPSA) is 46.8 Å². The van der Waals surface area contributed by atoms with E-state index in [9.17, 15) is 0 Å². The number of rotatable bonds is 3. The fraction of sp³-hybridized carbons (Fsp3) is 0.462. The monoisotopic (exact) mass is 321 g/mol. The highest BCUT2D eigenvalue weighted by molar-refractivity contribution is 9.10. The predicted molar refractivity (Wildman–Crippen MR) is 77.1 cm³/mol. The van der Waals surface area contributed by atoms with Gasteiger partial charge < -0.3 is 4.90 Å². The smallest absolute Gasteiger partial charge is 0.132 e. The molecule has 0 unspecified atom stereocenters. The molecule has 1 fully saturated rings. The first-order valence-electron chi connectivity index (χ1n) is 6.35. The lowest BCUT2D eigenvalue weighted by molar-refractivity contribution is 0.340. The maximum atomic E-state index is 4.49. The molecule has 2 aromatic heterocycles. The number of hydrogen-bond acceptors (Lipinski definition) is 4. The number of anilines is 1. The van der Waals surface area contributed by atoms with Crippen molar-refractivity contribution < 1.29 is 0 Å². The molecule has 0 atom stereocenters. The second kappa shape index (κ2) is 4.92. The van der Waals surface area contributed by atoms with Gasteiger partial charge in [0.1, 0.15) is 11.6 Å². The van der Waals surface area contributed by atoms with Crippen molar-refractivity contribution in [3.63, 3.8) is 0 Å². The molecular formula is C13H16BrN5. The third-order valence-electron chi connectivity index (χ3n) is 3.28. The lowest BCUT2D eigenvalue weighted by Crippen LogP contribution is -2.49. The molecule has 0 saturated carbocycles. The Morgan fingerprint density at radius 3 is 2.74 bits per heavy atom. The predicted octanol–water partition coefficient (Wildman–Crippen LogP) is 2.19. The molecule has 1 aliphatic rings. The Labute approximate surface area is 120 Å². The van der Waals surface area contributed by atoms with Crippen LogP contribution < -0.4 is 4.90 Å². The first-order valence-corrected chi connectivity index (χ1v) is 7.14. The highest BCUT2D eigenvalue weighted by Gasteiger charge is 2.28. The molecule has 0 spiro atoms. The minimum absolute atomic E-state index is 0.641. The Hall–Kier alpha value is -1.43. The van der Waals surface area contributed by atoms with Gasteiger partial charge in [-0.2, -0.15) is 5.10 Å². The summed E-state index contributed by atoms with van der Waals surface area (Å²) in [7, 11) is 0. The number of hydrogen-bond donors (Lipinski definition) is 0. The summed E-state index contributed by atoms with van der Waals surface area (Å²) in [5.41, 5.74) is 1.03. The van der Waals surface area contributed by atoms with Crippen molar-refractivity contribution in [1.29, 1.82) is 0 Å². The van der Waals surface area contributed by atoms with E-state index in [1.807, 2.05) is 37.0 Å². The molecule has 2 aromatic rings. The number of aromatic nitrogens is 4. The maximum Gasteiger partial charge on any atom is 0.132 e. The average molecular weight is 322 g/mol. The van der Waals surface area contributed by atoms with Crippen LogP contribution in [0.4, 0.5) is 5.82 Å². The SMILES string of the molecule is Cc1cc(N2CC(Cn3cc(Br)cn3)C2)nc(C)n1. The first kappa shape index (κ1) is 12.6. The fourth-order valence-corrected chi connectivity index (χ4v) is 2.76. The zero-order valence-electron chi connectivity index (χ0n) is 11.0. The maximum absolute atomic E-state index is 4.49. The molecule has 6 heteroatoms. The van der Waals surface area contributed by atoms with Crippen LogP contribution in [-0.2, 0) is 6.54 Å². The molecule has 3 rings (SSSR count). The van der Waals surface area contributed by atoms with E-state index in [-0.39, 0.29) is 0 Å². The molecule has 5 nitrogen and oxygen atoms in total. The summed E-state index contributed by atoms with van der Waals surface area (Å²) in [6.07, 6.45) is 3.84. The fourth-order valence-electron chi connectivity index (χ4n) is 2.43. The third kappa shape index (κ3) is 2.78. The van der Waals surface area contributed by atoms with E-state index in [4.69, 9.17) is 0 Å². The number of nitrogens with zero attached hydrogens (tertiary/aromatic N) is 5. The van der Waals surface area contributed by atoms with Gasteiger partial charge in [-0.3, -0.25) is 4.68 Å². The summed E-state index contributed by atoms with van der Waals surface area (Å²) in [5.74, 6) is 2.53. The van der Waals surface area contributed by atoms with E-state index in [0.717, 1.165) is 41.4 Å². The van der Waals surface area contributed by atoms with Crippen molar-refractivity contribution in [1.82, 2.24) is 19.7 Å². The molecule has 0 aromatic carbocycles. The minimum atomic E-state index is 0.641. The van der Waals surface area contributed by atoms with Gasteiger partial charge in [-0.25, -0.2) is 9.97 Å². The van der Waals surface area contributed by atoms with Crippen molar-refractivity contribution in [2.24, 2.45) is 5.92 Å². The van der Waals surface area contributed by atoms with Crippen LogP contribution in [0.2, 0.25) is 0 Å². The van der Waals surface area contributed by atoms with Crippen molar-refractivity contribution in [3.05, 3.63) is 34.5 Å². The Morgan fingerprint density at radius 2 is 2.11 bits per heavy atom. The molecule has 1 saturated heterocycles. The van der Waals surface area contributed by atoms with E-state index >= 15 is 0 Å². The molecule has 0 radical (unpaired) electrons. The minimum Gasteiger partial charge on any atom is -0.356 e. The van der Waals surface area contributed by atoms with Crippen LogP contribution in [0, 0.1) is 19.8 Å². The zero-order chi connectivity index (χ0) is 13.4. The van der Waals surface area contributed by atoms with Gasteiger partial charge in [-0.15, -0.1) is 0 Å². The summed E-state index contributed by atoms with van der Waals surface area (Å²) >= 11 is 3.42. The van der Waals surface area contributed by atoms with E-state index in [0.29, 0.717) is 5.92 Å². The van der Waals surface area contributed by atoms with Crippen LogP contribution in [-0.4, -0.2) is 32.8 Å². The summed E-state index contributed by atoms with van der Waals surface area (Å²) in [4.78, 5) is 11.1. The van der Waals surface area contributed by atoms with Gasteiger partial charge in [0.05, 0.1) is 10.7 Å². The van der Waals surface area contributed by atoms with E-state index < -0.39 is 0 Å². The first-order chi connectivity index (χ1) is 9.10. The van der Waals surface area contributed by atoms with Gasteiger partial charge in [-0.05, 0) is 29.8 Å². The molecule has 0 N–H and O–H groups in total. The van der Waals surface area contributed by atoms with Crippen molar-refractivity contribution in [2.45, 2.75) is 20.4 Å². The molecule has 1 aliphatic heterocycles. The second-order valence-corrected chi connectivity index (χ2v) is 5.98. The normalized spacial score (nSPS) is 15.6. The average Bonchev–Trinajstić information content (AvgIpc) is 2.67. The van der Waals surface area contributed by atoms with Gasteiger partial charge in [0.2, 0.25) is 0 Å². The van der Waals surface area contributed by atoms with E-state index in [1.54, 1.807) is 0 Å². The second-order valence-electron chi connectivity index (χ2n) is 5.07. The van der Waals surface area contributed by atoms with Gasteiger partial charge in [0.15, 0.2) is 0 Å². The van der Waals surface area contributed by atoms with Gasteiger partial charge in [-0.1, -0.05) is 0 Å². The van der Waals surface area contributed by atoms with Crippen LogP contribution in [0.3, 0.4) is 0 Å². The summed E-state index contributed by atoms with van der Waals surface area (Å²) in [5, 5.41) is 4.29. The van der Waals surface area contributed by atoms with Crippen molar-refractivity contribution >= 4 is 21.7 Å². The molecule has 0 aliphatic carbocycles. The van der Waals surface area contributed by atoms with E-state index in [1.165, 1.54) is 0 Å². The molecule has 0 bridgehead atoms. The van der Waals surface area contributed by atoms with Crippen LogP contribution in [0.25, 0.3) is 0 Å². The highest BCUT2D eigenvalue weighted by Crippen LogP contribution is 2.24. The molecular weight excluding hydrogens is 306 g/mol. The molecule has 3 heterocycles. The zero-order valence-corrected chi connectivity index (χ0v) is 12.6. The number of aryl methyl sites for hydroxylation is 2. The summed E-state index contributed by atoms with van der Waals surface area (Å²) in [6.45, 7) is 6.98. The summed E-state index contributed by atoms with van der Waals surface area (Å²) in [6, 6.07) is 2.05. The molecule has 0 amide bonds. The van der Waals surface area contributed by atoms with Crippen molar-refractivity contribution in [3.8, 4) is 0 Å². The molecule has 19 heavy (non-hydrogen) atoms. The Kier molecular flexibility index (Phi) is 3.26. The Bertz CT molecular complexity index is 568. The highest BCUT2D eigenvalue weighted by atomic mass is 79.9. The van der Waals surface area contributed by atoms with Gasteiger partial charge in [0, 0.05) is 43.5 Å². The van der Waals surface area contributed by atoms with E-state index in [2.05, 4.69) is 35.9 Å².